The van der Waals surface area contributed by atoms with E-state index < -0.39 is 11.7 Å². The molecule has 1 saturated heterocycles. The fraction of sp³-hybridized carbons (Fsp3) is 0.417. The lowest BCUT2D eigenvalue weighted by molar-refractivity contribution is 0.0999. The van der Waals surface area contributed by atoms with Gasteiger partial charge in [-0.3, -0.25) is 4.79 Å². The largest absolute Gasteiger partial charge is 0.378 e. The minimum absolute atomic E-state index is 0.00998. The van der Waals surface area contributed by atoms with Crippen molar-refractivity contribution in [1.82, 2.24) is 5.32 Å². The molecule has 0 saturated carbocycles. The normalized spacial score (nSPS) is 23.0. The van der Waals surface area contributed by atoms with E-state index in [2.05, 4.69) is 10.6 Å². The number of carbonyl (C=O) groups is 1. The van der Waals surface area contributed by atoms with Crippen LogP contribution in [0.25, 0.3) is 0 Å². The van der Waals surface area contributed by atoms with Crippen LogP contribution in [0.2, 0.25) is 0 Å². The maximum absolute atomic E-state index is 13.1. The second kappa shape index (κ2) is 5.32. The van der Waals surface area contributed by atoms with Gasteiger partial charge < -0.3 is 21.1 Å². The van der Waals surface area contributed by atoms with Crippen molar-refractivity contribution in [3.63, 3.8) is 0 Å². The lowest BCUT2D eigenvalue weighted by atomic mass is 10.1. The molecule has 2 atom stereocenters. The molecular formula is C12H16FN3O2. The van der Waals surface area contributed by atoms with Crippen molar-refractivity contribution in [2.75, 3.05) is 25.5 Å². The zero-order valence-corrected chi connectivity index (χ0v) is 10.1. The third-order valence-corrected chi connectivity index (χ3v) is 3.05. The summed E-state index contributed by atoms with van der Waals surface area (Å²) in [5.41, 5.74) is 5.91. The predicted octanol–water partition coefficient (Wildman–Crippen LogP) is 0.323. The molecule has 0 aliphatic carbocycles. The molecule has 0 spiro atoms. The summed E-state index contributed by atoms with van der Waals surface area (Å²) in [7, 11) is 1.63. The third kappa shape index (κ3) is 2.60. The molecule has 0 aromatic heterocycles. The van der Waals surface area contributed by atoms with E-state index in [4.69, 9.17) is 10.5 Å². The Morgan fingerprint density at radius 3 is 3.00 bits per heavy atom. The SMILES string of the molecule is CO[C@H]1CNCC1Nc1ccc(F)cc1C(N)=O. The maximum atomic E-state index is 13.1. The summed E-state index contributed by atoms with van der Waals surface area (Å²) in [5.74, 6) is -1.14. The summed E-state index contributed by atoms with van der Waals surface area (Å²) < 4.78 is 18.4. The molecular weight excluding hydrogens is 237 g/mol. The van der Waals surface area contributed by atoms with Gasteiger partial charge in [0.05, 0.1) is 17.7 Å². The number of amides is 1. The van der Waals surface area contributed by atoms with E-state index in [0.29, 0.717) is 12.2 Å². The van der Waals surface area contributed by atoms with E-state index in [1.54, 1.807) is 7.11 Å². The first-order valence-corrected chi connectivity index (χ1v) is 5.71. The van der Waals surface area contributed by atoms with Crippen molar-refractivity contribution in [2.24, 2.45) is 5.73 Å². The zero-order chi connectivity index (χ0) is 13.1. The summed E-state index contributed by atoms with van der Waals surface area (Å²) >= 11 is 0. The van der Waals surface area contributed by atoms with Crippen LogP contribution in [0, 0.1) is 5.82 Å². The molecule has 1 heterocycles. The number of hydrogen-bond acceptors (Lipinski definition) is 4. The fourth-order valence-corrected chi connectivity index (χ4v) is 2.09. The number of ether oxygens (including phenoxy) is 1. The Kier molecular flexibility index (Phi) is 3.78. The molecule has 1 unspecified atom stereocenters. The maximum Gasteiger partial charge on any atom is 0.250 e. The number of halogens is 1. The first-order valence-electron chi connectivity index (χ1n) is 5.71. The van der Waals surface area contributed by atoms with Crippen LogP contribution in [-0.4, -0.2) is 38.3 Å². The number of anilines is 1. The Hall–Kier alpha value is -1.66. The van der Waals surface area contributed by atoms with Crippen LogP contribution in [0.15, 0.2) is 18.2 Å². The number of methoxy groups -OCH3 is 1. The zero-order valence-electron chi connectivity index (χ0n) is 10.1. The first kappa shape index (κ1) is 12.8. The first-order chi connectivity index (χ1) is 8.61. The Morgan fingerprint density at radius 1 is 1.56 bits per heavy atom. The number of benzene rings is 1. The molecule has 1 amide bonds. The van der Waals surface area contributed by atoms with Crippen molar-refractivity contribution in [3.8, 4) is 0 Å². The lowest BCUT2D eigenvalue weighted by Crippen LogP contribution is -2.34. The molecule has 6 heteroatoms. The van der Waals surface area contributed by atoms with Crippen LogP contribution in [-0.2, 0) is 4.74 Å². The summed E-state index contributed by atoms with van der Waals surface area (Å²) in [5, 5.41) is 6.34. The average molecular weight is 253 g/mol. The minimum atomic E-state index is -0.656. The van der Waals surface area contributed by atoms with Gasteiger partial charge in [0.15, 0.2) is 0 Å². The molecule has 1 aliphatic rings. The highest BCUT2D eigenvalue weighted by molar-refractivity contribution is 5.98. The highest BCUT2D eigenvalue weighted by Crippen LogP contribution is 2.19. The molecule has 0 radical (unpaired) electrons. The van der Waals surface area contributed by atoms with E-state index in [9.17, 15) is 9.18 Å². The lowest BCUT2D eigenvalue weighted by Gasteiger charge is -2.21. The number of nitrogens with two attached hydrogens (primary N) is 1. The van der Waals surface area contributed by atoms with Gasteiger partial charge in [0.2, 0.25) is 0 Å². The number of hydrogen-bond donors (Lipinski definition) is 3. The molecule has 1 fully saturated rings. The van der Waals surface area contributed by atoms with Gasteiger partial charge in [0.25, 0.3) is 5.91 Å². The van der Waals surface area contributed by atoms with Crippen LogP contribution in [0.1, 0.15) is 10.4 Å². The van der Waals surface area contributed by atoms with Crippen LogP contribution >= 0.6 is 0 Å². The smallest absolute Gasteiger partial charge is 0.250 e. The van der Waals surface area contributed by atoms with Gasteiger partial charge in [0.1, 0.15) is 5.82 Å². The van der Waals surface area contributed by atoms with Gasteiger partial charge in [0, 0.05) is 25.9 Å². The molecule has 2 rings (SSSR count). The van der Waals surface area contributed by atoms with Crippen LogP contribution in [0.4, 0.5) is 10.1 Å². The van der Waals surface area contributed by atoms with Gasteiger partial charge in [-0.15, -0.1) is 0 Å². The number of primary amides is 1. The molecule has 1 aromatic rings. The van der Waals surface area contributed by atoms with Gasteiger partial charge in [-0.1, -0.05) is 0 Å². The fourth-order valence-electron chi connectivity index (χ4n) is 2.09. The van der Waals surface area contributed by atoms with Crippen molar-refractivity contribution in [1.29, 1.82) is 0 Å². The highest BCUT2D eigenvalue weighted by atomic mass is 19.1. The number of nitrogens with one attached hydrogen (secondary N) is 2. The second-order valence-electron chi connectivity index (χ2n) is 4.24. The van der Waals surface area contributed by atoms with E-state index in [1.807, 2.05) is 0 Å². The summed E-state index contributed by atoms with van der Waals surface area (Å²) in [6, 6.07) is 3.97. The minimum Gasteiger partial charge on any atom is -0.378 e. The predicted molar refractivity (Wildman–Crippen MR) is 66.0 cm³/mol. The van der Waals surface area contributed by atoms with Gasteiger partial charge in [-0.25, -0.2) is 4.39 Å². The Bertz CT molecular complexity index is 453. The second-order valence-corrected chi connectivity index (χ2v) is 4.24. The van der Waals surface area contributed by atoms with Crippen LogP contribution < -0.4 is 16.4 Å². The molecule has 98 valence electrons. The van der Waals surface area contributed by atoms with E-state index in [0.717, 1.165) is 12.6 Å². The molecule has 0 bridgehead atoms. The van der Waals surface area contributed by atoms with Crippen molar-refractivity contribution in [2.45, 2.75) is 12.1 Å². The standard InChI is InChI=1S/C12H16FN3O2/c1-18-11-6-15-5-10(11)16-9-3-2-7(13)4-8(9)12(14)17/h2-4,10-11,15-16H,5-6H2,1H3,(H2,14,17)/t10?,11-/m0/s1. The molecule has 18 heavy (non-hydrogen) atoms. The molecule has 5 nitrogen and oxygen atoms in total. The molecule has 1 aliphatic heterocycles. The molecule has 1 aromatic carbocycles. The number of carbonyl (C=O) groups excluding carboxylic acids is 1. The van der Waals surface area contributed by atoms with Crippen molar-refractivity contribution >= 4 is 11.6 Å². The highest BCUT2D eigenvalue weighted by Gasteiger charge is 2.27. The molecule has 4 N–H and O–H groups in total. The third-order valence-electron chi connectivity index (χ3n) is 3.05. The van der Waals surface area contributed by atoms with Gasteiger partial charge in [-0.05, 0) is 18.2 Å². The Balaban J connectivity index is 2.20. The Labute approximate surface area is 104 Å². The average Bonchev–Trinajstić information content (AvgIpc) is 2.78. The van der Waals surface area contributed by atoms with E-state index in [-0.39, 0.29) is 17.7 Å². The summed E-state index contributed by atoms with van der Waals surface area (Å²) in [6.07, 6.45) is 0.00998. The topological polar surface area (TPSA) is 76.4 Å². The summed E-state index contributed by atoms with van der Waals surface area (Å²) in [4.78, 5) is 11.3. The van der Waals surface area contributed by atoms with Gasteiger partial charge >= 0.3 is 0 Å². The quantitative estimate of drug-likeness (QED) is 0.722. The van der Waals surface area contributed by atoms with Crippen LogP contribution in [0.5, 0.6) is 0 Å². The van der Waals surface area contributed by atoms with Gasteiger partial charge in [-0.2, -0.15) is 0 Å². The van der Waals surface area contributed by atoms with Crippen LogP contribution in [0.3, 0.4) is 0 Å². The van der Waals surface area contributed by atoms with Crippen molar-refractivity contribution in [3.05, 3.63) is 29.6 Å². The summed E-state index contributed by atoms with van der Waals surface area (Å²) in [6.45, 7) is 1.45. The van der Waals surface area contributed by atoms with E-state index >= 15 is 0 Å². The van der Waals surface area contributed by atoms with Crippen molar-refractivity contribution < 1.29 is 13.9 Å². The number of rotatable bonds is 4. The Morgan fingerprint density at radius 2 is 2.33 bits per heavy atom. The monoisotopic (exact) mass is 253 g/mol. The van der Waals surface area contributed by atoms with E-state index in [1.165, 1.54) is 12.1 Å².